The van der Waals surface area contributed by atoms with E-state index in [2.05, 4.69) is 28.5 Å². The average Bonchev–Trinajstić information content (AvgIpc) is 3.44. The Morgan fingerprint density at radius 3 is 2.88 bits per heavy atom. The lowest BCUT2D eigenvalue weighted by Crippen LogP contribution is -2.27. The number of hydrogen-bond acceptors (Lipinski definition) is 7. The summed E-state index contributed by atoms with van der Waals surface area (Å²) in [7, 11) is 0. The second kappa shape index (κ2) is 9.70. The van der Waals surface area contributed by atoms with Crippen LogP contribution in [-0.2, 0) is 24.2 Å². The number of carbonyl (C=O) groups excluding carboxylic acids is 1. The van der Waals surface area contributed by atoms with E-state index in [1.165, 1.54) is 23.1 Å². The first-order valence-corrected chi connectivity index (χ1v) is 13.5. The Balaban J connectivity index is 1.31. The van der Waals surface area contributed by atoms with Gasteiger partial charge in [-0.3, -0.25) is 14.2 Å². The van der Waals surface area contributed by atoms with Crippen LogP contribution >= 0.6 is 34.9 Å². The first kappa shape index (κ1) is 22.2. The maximum absolute atomic E-state index is 13.1. The van der Waals surface area contributed by atoms with Crippen molar-refractivity contribution in [2.45, 2.75) is 36.4 Å². The number of amides is 1. The third-order valence-electron chi connectivity index (χ3n) is 5.34. The maximum atomic E-state index is 13.1. The lowest BCUT2D eigenvalue weighted by Gasteiger charge is -2.13. The summed E-state index contributed by atoms with van der Waals surface area (Å²) in [5.74, 6) is 0.884. The summed E-state index contributed by atoms with van der Waals surface area (Å²) in [5.41, 5.74) is 4.06. The van der Waals surface area contributed by atoms with Gasteiger partial charge in [0.2, 0.25) is 5.91 Å². The minimum absolute atomic E-state index is 0.00267. The highest BCUT2D eigenvalue weighted by Gasteiger charge is 2.22. The molecule has 1 amide bonds. The second-order valence-electron chi connectivity index (χ2n) is 7.79. The summed E-state index contributed by atoms with van der Waals surface area (Å²) >= 11 is 4.35. The van der Waals surface area contributed by atoms with Gasteiger partial charge in [0.05, 0.1) is 26.6 Å². The monoisotopic (exact) mass is 494 g/mol. The normalized spacial score (nSPS) is 12.8. The van der Waals surface area contributed by atoms with E-state index in [4.69, 9.17) is 4.98 Å². The predicted octanol–water partition coefficient (Wildman–Crippen LogP) is 4.78. The number of rotatable bonds is 7. The lowest BCUT2D eigenvalue weighted by atomic mass is 10.1. The van der Waals surface area contributed by atoms with Crippen LogP contribution in [0, 0.1) is 6.92 Å². The number of thioether (sulfide) groups is 2. The van der Waals surface area contributed by atoms with Gasteiger partial charge in [0.1, 0.15) is 0 Å². The molecule has 0 saturated carbocycles. The van der Waals surface area contributed by atoms with E-state index < -0.39 is 0 Å². The van der Waals surface area contributed by atoms with E-state index in [-0.39, 0.29) is 17.2 Å². The van der Waals surface area contributed by atoms with Gasteiger partial charge in [-0.1, -0.05) is 59.5 Å². The molecule has 0 atom stereocenters. The first-order valence-electron chi connectivity index (χ1n) is 10.7. The van der Waals surface area contributed by atoms with Crippen LogP contribution in [0.4, 0.5) is 5.13 Å². The molecule has 0 radical (unpaired) electrons. The Morgan fingerprint density at radius 2 is 2.03 bits per heavy atom. The fourth-order valence-corrected chi connectivity index (χ4v) is 6.55. The molecule has 1 aliphatic heterocycles. The number of aryl methyl sites for hydroxylation is 3. The molecule has 1 N–H and O–H groups in total. The second-order valence-corrected chi connectivity index (χ2v) is 10.9. The van der Waals surface area contributed by atoms with E-state index >= 15 is 0 Å². The lowest BCUT2D eigenvalue weighted by molar-refractivity contribution is -0.113. The van der Waals surface area contributed by atoms with Crippen LogP contribution in [0.5, 0.6) is 0 Å². The molecule has 0 fully saturated rings. The SMILES string of the molecule is Cc1ccc2nc(NC(=O)CSc3nc4c(c(=O)n3CCc3ccccc3)SCC4)sc2c1. The number of aromatic nitrogens is 3. The Bertz CT molecular complexity index is 1380. The van der Waals surface area contributed by atoms with Gasteiger partial charge in [-0.05, 0) is 36.6 Å². The van der Waals surface area contributed by atoms with Gasteiger partial charge in [-0.15, -0.1) is 11.8 Å². The van der Waals surface area contributed by atoms with Crippen molar-refractivity contribution >= 4 is 56.1 Å². The number of fused-ring (bicyclic) bond motifs is 2. The molecule has 168 valence electrons. The van der Waals surface area contributed by atoms with Gasteiger partial charge < -0.3 is 5.32 Å². The van der Waals surface area contributed by atoms with E-state index in [9.17, 15) is 9.59 Å². The van der Waals surface area contributed by atoms with E-state index in [1.54, 1.807) is 16.3 Å². The van der Waals surface area contributed by atoms with Gasteiger partial charge in [-0.25, -0.2) is 9.97 Å². The number of nitrogens with zero attached hydrogens (tertiary/aromatic N) is 3. The number of carbonyl (C=O) groups is 1. The van der Waals surface area contributed by atoms with Crippen molar-refractivity contribution in [1.82, 2.24) is 14.5 Å². The van der Waals surface area contributed by atoms with E-state index in [1.807, 2.05) is 37.3 Å². The number of anilines is 1. The molecule has 5 rings (SSSR count). The highest BCUT2D eigenvalue weighted by atomic mass is 32.2. The van der Waals surface area contributed by atoms with E-state index in [0.29, 0.717) is 16.8 Å². The summed E-state index contributed by atoms with van der Waals surface area (Å²) < 4.78 is 2.77. The molecule has 0 bridgehead atoms. The maximum Gasteiger partial charge on any atom is 0.268 e. The Labute approximate surface area is 203 Å². The van der Waals surface area contributed by atoms with Gasteiger partial charge in [0, 0.05) is 18.7 Å². The molecule has 33 heavy (non-hydrogen) atoms. The average molecular weight is 495 g/mol. The van der Waals surface area contributed by atoms with Crippen molar-refractivity contribution in [3.05, 3.63) is 75.7 Å². The topological polar surface area (TPSA) is 76.9 Å². The smallest absolute Gasteiger partial charge is 0.268 e. The van der Waals surface area contributed by atoms with Crippen molar-refractivity contribution in [2.75, 3.05) is 16.8 Å². The molecule has 0 unspecified atom stereocenters. The summed E-state index contributed by atoms with van der Waals surface area (Å²) in [6, 6.07) is 16.1. The van der Waals surface area contributed by atoms with Crippen LogP contribution in [0.25, 0.3) is 10.2 Å². The molecule has 4 aromatic rings. The summed E-state index contributed by atoms with van der Waals surface area (Å²) in [6.45, 7) is 2.57. The van der Waals surface area contributed by atoms with Gasteiger partial charge in [-0.2, -0.15) is 0 Å². The van der Waals surface area contributed by atoms with Crippen molar-refractivity contribution in [3.8, 4) is 0 Å². The van der Waals surface area contributed by atoms with Gasteiger partial charge in [0.15, 0.2) is 10.3 Å². The molecule has 6 nitrogen and oxygen atoms in total. The molecule has 2 aromatic heterocycles. The van der Waals surface area contributed by atoms with E-state index in [0.717, 1.165) is 50.5 Å². The minimum Gasteiger partial charge on any atom is -0.301 e. The largest absolute Gasteiger partial charge is 0.301 e. The Hall–Kier alpha value is -2.62. The highest BCUT2D eigenvalue weighted by Crippen LogP contribution is 2.30. The van der Waals surface area contributed by atoms with Crippen molar-refractivity contribution < 1.29 is 4.79 Å². The summed E-state index contributed by atoms with van der Waals surface area (Å²) in [5, 5.41) is 4.08. The number of benzene rings is 2. The van der Waals surface area contributed by atoms with Crippen LogP contribution in [-0.4, -0.2) is 31.9 Å². The third kappa shape index (κ3) is 5.00. The van der Waals surface area contributed by atoms with Crippen LogP contribution in [0.1, 0.15) is 16.8 Å². The fraction of sp³-hybridized carbons (Fsp3) is 0.250. The molecule has 3 heterocycles. The number of thiazole rings is 1. The first-order chi connectivity index (χ1) is 16.1. The highest BCUT2D eigenvalue weighted by molar-refractivity contribution is 8.00. The van der Waals surface area contributed by atoms with Crippen molar-refractivity contribution in [1.29, 1.82) is 0 Å². The molecule has 9 heteroatoms. The standard InChI is InChI=1S/C24H22N4O2S3/c1-15-7-8-17-19(13-15)33-23(25-17)27-20(29)14-32-24-26-18-10-12-31-21(18)22(30)28(24)11-9-16-5-3-2-4-6-16/h2-8,13H,9-12,14H2,1H3,(H,25,27,29). The molecule has 1 aliphatic rings. The molecule has 0 spiro atoms. The Morgan fingerprint density at radius 1 is 1.18 bits per heavy atom. The third-order valence-corrected chi connectivity index (χ3v) is 8.36. The zero-order valence-corrected chi connectivity index (χ0v) is 20.5. The van der Waals surface area contributed by atoms with Crippen LogP contribution in [0.2, 0.25) is 0 Å². The summed E-state index contributed by atoms with van der Waals surface area (Å²) in [4.78, 5) is 35.8. The van der Waals surface area contributed by atoms with Gasteiger partial charge >= 0.3 is 0 Å². The molecule has 0 aliphatic carbocycles. The van der Waals surface area contributed by atoms with Crippen LogP contribution < -0.4 is 10.9 Å². The van der Waals surface area contributed by atoms with Gasteiger partial charge in [0.25, 0.3) is 5.56 Å². The fourth-order valence-electron chi connectivity index (χ4n) is 3.69. The quantitative estimate of drug-likeness (QED) is 0.294. The van der Waals surface area contributed by atoms with Crippen molar-refractivity contribution in [3.63, 3.8) is 0 Å². The molecule has 2 aromatic carbocycles. The molecular weight excluding hydrogens is 472 g/mol. The number of nitrogens with one attached hydrogen (secondary N) is 1. The predicted molar refractivity (Wildman–Crippen MR) is 137 cm³/mol. The zero-order valence-electron chi connectivity index (χ0n) is 18.0. The molecule has 0 saturated heterocycles. The zero-order chi connectivity index (χ0) is 22.8. The molecular formula is C24H22N4O2S3. The Kier molecular flexibility index (Phi) is 6.52. The van der Waals surface area contributed by atoms with Crippen LogP contribution in [0.3, 0.4) is 0 Å². The minimum atomic E-state index is -0.158. The van der Waals surface area contributed by atoms with Crippen LogP contribution in [0.15, 0.2) is 63.4 Å². The number of hydrogen-bond donors (Lipinski definition) is 1. The summed E-state index contributed by atoms with van der Waals surface area (Å²) in [6.07, 6.45) is 1.52. The van der Waals surface area contributed by atoms with Crippen molar-refractivity contribution in [2.24, 2.45) is 0 Å².